The molecule has 3 aromatic rings. The number of para-hydroxylation sites is 1. The van der Waals surface area contributed by atoms with E-state index in [4.69, 9.17) is 4.98 Å². The zero-order chi connectivity index (χ0) is 22.6. The fourth-order valence-electron chi connectivity index (χ4n) is 4.86. The molecule has 32 heavy (non-hydrogen) atoms. The summed E-state index contributed by atoms with van der Waals surface area (Å²) in [5.74, 6) is 1.85. The Labute approximate surface area is 196 Å². The van der Waals surface area contributed by atoms with E-state index in [1.54, 1.807) is 0 Å². The molecule has 0 saturated carbocycles. The average Bonchev–Trinajstić information content (AvgIpc) is 3.14. The molecule has 0 amide bonds. The molecule has 0 N–H and O–H groups in total. The first kappa shape index (κ1) is 24.7. The van der Waals surface area contributed by atoms with Gasteiger partial charge in [-0.2, -0.15) is 0 Å². The van der Waals surface area contributed by atoms with Crippen LogP contribution in [0, 0.1) is 5.92 Å². The molecule has 0 saturated heterocycles. The van der Waals surface area contributed by atoms with Gasteiger partial charge in [-0.05, 0) is 18.4 Å². The van der Waals surface area contributed by atoms with E-state index in [-0.39, 0.29) is 0 Å². The molecule has 0 fully saturated rings. The first-order valence-electron chi connectivity index (χ1n) is 13.4. The lowest BCUT2D eigenvalue weighted by atomic mass is 10.0. The van der Waals surface area contributed by atoms with Gasteiger partial charge in [0.1, 0.15) is 11.3 Å². The maximum atomic E-state index is 5.01. The number of hydrogen-bond donors (Lipinski definition) is 0. The number of imidazole rings is 1. The standard InChI is InChI=1S/C29H45N3/c1-4-5-6-7-8-9-10-11-12-13-14-15-16-21-28-31-27-22-30-26-20-18-17-19-25(26)29(27)32(28)23-24(2)3/h17-20,22,24H,4-16,21,23H2,1-3H3. The number of pyridine rings is 1. The smallest absolute Gasteiger partial charge is 0.109 e. The van der Waals surface area contributed by atoms with Crippen molar-refractivity contribution < 1.29 is 0 Å². The number of unbranched alkanes of at least 4 members (excludes halogenated alkanes) is 12. The van der Waals surface area contributed by atoms with Crippen molar-refractivity contribution in [3.63, 3.8) is 0 Å². The molecule has 2 aromatic heterocycles. The van der Waals surface area contributed by atoms with Gasteiger partial charge in [-0.3, -0.25) is 4.98 Å². The van der Waals surface area contributed by atoms with Gasteiger partial charge >= 0.3 is 0 Å². The van der Waals surface area contributed by atoms with Gasteiger partial charge in [-0.15, -0.1) is 0 Å². The van der Waals surface area contributed by atoms with Crippen LogP contribution in [0.25, 0.3) is 21.9 Å². The summed E-state index contributed by atoms with van der Waals surface area (Å²) in [6, 6.07) is 8.48. The van der Waals surface area contributed by atoms with E-state index in [1.165, 1.54) is 100 Å². The van der Waals surface area contributed by atoms with E-state index in [9.17, 15) is 0 Å². The third-order valence-corrected chi connectivity index (χ3v) is 6.61. The van der Waals surface area contributed by atoms with Crippen LogP contribution in [0.3, 0.4) is 0 Å². The number of fused-ring (bicyclic) bond motifs is 3. The Morgan fingerprint density at radius 2 is 1.34 bits per heavy atom. The lowest BCUT2D eigenvalue weighted by Gasteiger charge is -2.13. The fraction of sp³-hybridized carbons (Fsp3) is 0.655. The minimum Gasteiger partial charge on any atom is -0.327 e. The number of rotatable bonds is 16. The van der Waals surface area contributed by atoms with Crippen LogP contribution in [-0.4, -0.2) is 14.5 Å². The Bertz CT molecular complexity index is 925. The molecule has 176 valence electrons. The molecular formula is C29H45N3. The normalized spacial score (nSPS) is 11.9. The predicted octanol–water partition coefficient (Wildman–Crippen LogP) is 8.87. The first-order chi connectivity index (χ1) is 15.7. The zero-order valence-corrected chi connectivity index (χ0v) is 20.9. The molecule has 2 heterocycles. The Morgan fingerprint density at radius 1 is 0.750 bits per heavy atom. The highest BCUT2D eigenvalue weighted by Gasteiger charge is 2.15. The summed E-state index contributed by atoms with van der Waals surface area (Å²) in [5.41, 5.74) is 3.39. The number of benzene rings is 1. The van der Waals surface area contributed by atoms with Crippen molar-refractivity contribution in [1.29, 1.82) is 0 Å². The second kappa shape index (κ2) is 13.6. The summed E-state index contributed by atoms with van der Waals surface area (Å²) < 4.78 is 2.48. The van der Waals surface area contributed by atoms with Crippen molar-refractivity contribution in [2.45, 2.75) is 117 Å². The minimum absolute atomic E-state index is 0.602. The average molecular weight is 436 g/mol. The van der Waals surface area contributed by atoms with Crippen LogP contribution in [-0.2, 0) is 13.0 Å². The van der Waals surface area contributed by atoms with Gasteiger partial charge in [0.15, 0.2) is 0 Å². The Hall–Kier alpha value is -1.90. The van der Waals surface area contributed by atoms with Crippen LogP contribution in [0.2, 0.25) is 0 Å². The number of aromatic nitrogens is 3. The van der Waals surface area contributed by atoms with E-state index in [0.717, 1.165) is 24.0 Å². The monoisotopic (exact) mass is 435 g/mol. The van der Waals surface area contributed by atoms with Crippen LogP contribution in [0.4, 0.5) is 0 Å². The van der Waals surface area contributed by atoms with Crippen molar-refractivity contribution in [2.75, 3.05) is 0 Å². The Balaban J connectivity index is 1.43. The van der Waals surface area contributed by atoms with Crippen molar-refractivity contribution in [3.8, 4) is 0 Å². The van der Waals surface area contributed by atoms with Gasteiger partial charge in [0.05, 0.1) is 17.2 Å². The zero-order valence-electron chi connectivity index (χ0n) is 20.9. The number of nitrogens with zero attached hydrogens (tertiary/aromatic N) is 3. The lowest BCUT2D eigenvalue weighted by Crippen LogP contribution is -2.09. The fourth-order valence-corrected chi connectivity index (χ4v) is 4.86. The molecular weight excluding hydrogens is 390 g/mol. The second-order valence-corrected chi connectivity index (χ2v) is 10.0. The van der Waals surface area contributed by atoms with E-state index in [0.29, 0.717) is 5.92 Å². The van der Waals surface area contributed by atoms with Gasteiger partial charge in [0, 0.05) is 18.4 Å². The third kappa shape index (κ3) is 7.32. The quantitative estimate of drug-likeness (QED) is 0.210. The topological polar surface area (TPSA) is 30.7 Å². The molecule has 3 heteroatoms. The third-order valence-electron chi connectivity index (χ3n) is 6.61. The second-order valence-electron chi connectivity index (χ2n) is 10.0. The van der Waals surface area contributed by atoms with Crippen molar-refractivity contribution >= 4 is 21.9 Å². The van der Waals surface area contributed by atoms with Crippen molar-refractivity contribution in [1.82, 2.24) is 14.5 Å². The summed E-state index contributed by atoms with van der Waals surface area (Å²) in [5, 5.41) is 1.23. The van der Waals surface area contributed by atoms with Gasteiger partial charge in [-0.1, -0.05) is 116 Å². The lowest BCUT2D eigenvalue weighted by molar-refractivity contribution is 0.507. The number of hydrogen-bond acceptors (Lipinski definition) is 2. The molecule has 0 aliphatic heterocycles. The van der Waals surface area contributed by atoms with Gasteiger partial charge in [0.25, 0.3) is 0 Å². The molecule has 3 rings (SSSR count). The van der Waals surface area contributed by atoms with Crippen LogP contribution in [0.1, 0.15) is 110 Å². The number of aryl methyl sites for hydroxylation is 1. The van der Waals surface area contributed by atoms with E-state index in [2.05, 4.69) is 54.6 Å². The molecule has 0 aliphatic rings. The van der Waals surface area contributed by atoms with Gasteiger partial charge < -0.3 is 4.57 Å². The van der Waals surface area contributed by atoms with E-state index < -0.39 is 0 Å². The van der Waals surface area contributed by atoms with Crippen LogP contribution in [0.5, 0.6) is 0 Å². The highest BCUT2D eigenvalue weighted by atomic mass is 15.1. The summed E-state index contributed by atoms with van der Waals surface area (Å²) >= 11 is 0. The molecule has 0 unspecified atom stereocenters. The summed E-state index contributed by atoms with van der Waals surface area (Å²) in [6.07, 6.45) is 21.2. The van der Waals surface area contributed by atoms with E-state index >= 15 is 0 Å². The molecule has 0 radical (unpaired) electrons. The highest BCUT2D eigenvalue weighted by Crippen LogP contribution is 2.26. The molecule has 0 aliphatic carbocycles. The molecule has 1 aromatic carbocycles. The maximum Gasteiger partial charge on any atom is 0.109 e. The summed E-state index contributed by atoms with van der Waals surface area (Å²) in [6.45, 7) is 7.91. The largest absolute Gasteiger partial charge is 0.327 e. The maximum absolute atomic E-state index is 5.01. The van der Waals surface area contributed by atoms with E-state index in [1.807, 2.05) is 6.20 Å². The van der Waals surface area contributed by atoms with Crippen molar-refractivity contribution in [2.24, 2.45) is 5.92 Å². The summed E-state index contributed by atoms with van der Waals surface area (Å²) in [7, 11) is 0. The minimum atomic E-state index is 0.602. The first-order valence-corrected chi connectivity index (χ1v) is 13.4. The highest BCUT2D eigenvalue weighted by molar-refractivity contribution is 6.02. The van der Waals surface area contributed by atoms with Crippen LogP contribution >= 0.6 is 0 Å². The molecule has 0 atom stereocenters. The Kier molecular flexibility index (Phi) is 10.5. The van der Waals surface area contributed by atoms with Crippen LogP contribution in [0.15, 0.2) is 30.5 Å². The van der Waals surface area contributed by atoms with Gasteiger partial charge in [0.2, 0.25) is 0 Å². The van der Waals surface area contributed by atoms with Crippen LogP contribution < -0.4 is 0 Å². The molecule has 3 nitrogen and oxygen atoms in total. The van der Waals surface area contributed by atoms with Gasteiger partial charge in [-0.25, -0.2) is 4.98 Å². The molecule has 0 bridgehead atoms. The van der Waals surface area contributed by atoms with Crippen molar-refractivity contribution in [3.05, 3.63) is 36.3 Å². The molecule has 0 spiro atoms. The Morgan fingerprint density at radius 3 is 1.97 bits per heavy atom. The SMILES string of the molecule is CCCCCCCCCCCCCCCc1nc2cnc3ccccc3c2n1CC(C)C. The predicted molar refractivity (Wildman–Crippen MR) is 139 cm³/mol. The summed E-state index contributed by atoms with van der Waals surface area (Å²) in [4.78, 5) is 9.65.